The van der Waals surface area contributed by atoms with Crippen molar-refractivity contribution in [3.8, 4) is 0 Å². The average Bonchev–Trinajstić information content (AvgIpc) is 2.37. The van der Waals surface area contributed by atoms with Gasteiger partial charge in [-0.1, -0.05) is 19.9 Å². The van der Waals surface area contributed by atoms with Gasteiger partial charge >= 0.3 is 0 Å². The monoisotopic (exact) mass is 282 g/mol. The smallest absolute Gasteiger partial charge is 0.146 e. The molecule has 0 aliphatic rings. The molecule has 0 amide bonds. The Morgan fingerprint density at radius 2 is 2.00 bits per heavy atom. The number of benzene rings is 1. The van der Waals surface area contributed by atoms with Crippen molar-refractivity contribution in [2.24, 2.45) is 5.92 Å². The first-order valence-electron chi connectivity index (χ1n) is 7.11. The number of anilines is 1. The van der Waals surface area contributed by atoms with Crippen molar-refractivity contribution in [2.45, 2.75) is 39.8 Å². The summed E-state index contributed by atoms with van der Waals surface area (Å²) in [4.78, 5) is 1.77. The molecular weight excluding hydrogens is 255 g/mol. The summed E-state index contributed by atoms with van der Waals surface area (Å²) in [5, 5.41) is 12.7. The molecule has 0 aromatic heterocycles. The number of halogens is 1. The first-order chi connectivity index (χ1) is 9.27. The SMILES string of the molecule is CC(C)CNCc1ccc(N(C)C(C)(C)CO)c(F)c1. The van der Waals surface area contributed by atoms with Crippen LogP contribution in [0.2, 0.25) is 0 Å². The second kappa shape index (κ2) is 7.04. The minimum Gasteiger partial charge on any atom is -0.394 e. The molecule has 0 saturated heterocycles. The van der Waals surface area contributed by atoms with Crippen LogP contribution in [-0.2, 0) is 6.54 Å². The third-order valence-electron chi connectivity index (χ3n) is 3.55. The van der Waals surface area contributed by atoms with Gasteiger partial charge in [0.05, 0.1) is 17.8 Å². The summed E-state index contributed by atoms with van der Waals surface area (Å²) < 4.78 is 14.2. The Hall–Kier alpha value is -1.13. The predicted molar refractivity (Wildman–Crippen MR) is 82.5 cm³/mol. The summed E-state index contributed by atoms with van der Waals surface area (Å²) in [5.74, 6) is 0.327. The number of rotatable bonds is 7. The molecule has 0 unspecified atom stereocenters. The molecule has 3 nitrogen and oxygen atoms in total. The van der Waals surface area contributed by atoms with E-state index in [0.29, 0.717) is 18.2 Å². The molecule has 20 heavy (non-hydrogen) atoms. The fourth-order valence-electron chi connectivity index (χ4n) is 1.87. The minimum absolute atomic E-state index is 0.0271. The van der Waals surface area contributed by atoms with E-state index in [0.717, 1.165) is 12.1 Å². The van der Waals surface area contributed by atoms with Crippen LogP contribution in [0.1, 0.15) is 33.3 Å². The molecule has 1 aromatic carbocycles. The summed E-state index contributed by atoms with van der Waals surface area (Å²) in [6, 6.07) is 5.27. The Labute approximate surface area is 121 Å². The highest BCUT2D eigenvalue weighted by molar-refractivity contribution is 5.50. The lowest BCUT2D eigenvalue weighted by Gasteiger charge is -2.36. The van der Waals surface area contributed by atoms with Crippen LogP contribution in [0.25, 0.3) is 0 Å². The highest BCUT2D eigenvalue weighted by Crippen LogP contribution is 2.25. The van der Waals surface area contributed by atoms with Crippen LogP contribution in [0, 0.1) is 11.7 Å². The number of hydrogen-bond acceptors (Lipinski definition) is 3. The molecule has 0 fully saturated rings. The molecule has 0 heterocycles. The second-order valence-electron chi connectivity index (χ2n) is 6.34. The standard InChI is InChI=1S/C16H27FN2O/c1-12(2)9-18-10-13-6-7-15(14(17)8-13)19(5)16(3,4)11-20/h6-8,12,18,20H,9-11H2,1-5H3. The molecule has 0 bridgehead atoms. The van der Waals surface area contributed by atoms with Gasteiger partial charge in [-0.25, -0.2) is 4.39 Å². The van der Waals surface area contributed by atoms with Crippen molar-refractivity contribution in [2.75, 3.05) is 25.1 Å². The van der Waals surface area contributed by atoms with Crippen molar-refractivity contribution < 1.29 is 9.50 Å². The quantitative estimate of drug-likeness (QED) is 0.807. The number of aliphatic hydroxyl groups is 1. The summed E-state index contributed by atoms with van der Waals surface area (Å²) >= 11 is 0. The third kappa shape index (κ3) is 4.46. The van der Waals surface area contributed by atoms with Gasteiger partial charge in [0.1, 0.15) is 5.82 Å². The fraction of sp³-hybridized carbons (Fsp3) is 0.625. The van der Waals surface area contributed by atoms with Crippen LogP contribution in [0.3, 0.4) is 0 Å². The zero-order valence-corrected chi connectivity index (χ0v) is 13.2. The van der Waals surface area contributed by atoms with E-state index in [2.05, 4.69) is 19.2 Å². The third-order valence-corrected chi connectivity index (χ3v) is 3.55. The van der Waals surface area contributed by atoms with Gasteiger partial charge in [-0.3, -0.25) is 0 Å². The Bertz CT molecular complexity index is 432. The van der Waals surface area contributed by atoms with E-state index in [1.54, 1.807) is 24.1 Å². The number of hydrogen-bond donors (Lipinski definition) is 2. The Balaban J connectivity index is 2.78. The first kappa shape index (κ1) is 16.9. The molecule has 0 saturated carbocycles. The fourth-order valence-corrected chi connectivity index (χ4v) is 1.87. The molecule has 0 aliphatic carbocycles. The molecule has 1 rings (SSSR count). The minimum atomic E-state index is -0.488. The molecular formula is C16H27FN2O. The molecule has 1 aromatic rings. The van der Waals surface area contributed by atoms with Crippen LogP contribution in [0.15, 0.2) is 18.2 Å². The lowest BCUT2D eigenvalue weighted by atomic mass is 10.0. The van der Waals surface area contributed by atoms with E-state index >= 15 is 0 Å². The van der Waals surface area contributed by atoms with Crippen molar-refractivity contribution in [3.63, 3.8) is 0 Å². The Kier molecular flexibility index (Phi) is 5.96. The molecule has 2 N–H and O–H groups in total. The van der Waals surface area contributed by atoms with Crippen molar-refractivity contribution in [3.05, 3.63) is 29.6 Å². The van der Waals surface area contributed by atoms with Gasteiger partial charge in [0.15, 0.2) is 0 Å². The van der Waals surface area contributed by atoms with Gasteiger partial charge < -0.3 is 15.3 Å². The summed E-state index contributed by atoms with van der Waals surface area (Å²) in [5.41, 5.74) is 0.955. The normalized spacial score (nSPS) is 12.0. The van der Waals surface area contributed by atoms with Gasteiger partial charge in [-0.2, -0.15) is 0 Å². The lowest BCUT2D eigenvalue weighted by molar-refractivity contribution is 0.215. The molecule has 114 valence electrons. The average molecular weight is 282 g/mol. The number of aliphatic hydroxyl groups excluding tert-OH is 1. The van der Waals surface area contributed by atoms with Gasteiger partial charge in [-0.05, 0) is 44.0 Å². The largest absolute Gasteiger partial charge is 0.394 e. The topological polar surface area (TPSA) is 35.5 Å². The number of likely N-dealkylation sites (N-methyl/N-ethyl adjacent to an activating group) is 1. The molecule has 0 atom stereocenters. The molecule has 0 radical (unpaired) electrons. The molecule has 0 aliphatic heterocycles. The Morgan fingerprint density at radius 1 is 1.35 bits per heavy atom. The predicted octanol–water partition coefficient (Wildman–Crippen LogP) is 2.78. The maximum absolute atomic E-state index is 14.2. The van der Waals surface area contributed by atoms with Gasteiger partial charge in [0.2, 0.25) is 0 Å². The summed E-state index contributed by atoms with van der Waals surface area (Å²) in [7, 11) is 1.80. The maximum Gasteiger partial charge on any atom is 0.146 e. The van der Waals surface area contributed by atoms with Crippen molar-refractivity contribution in [1.29, 1.82) is 0 Å². The van der Waals surface area contributed by atoms with Crippen molar-refractivity contribution >= 4 is 5.69 Å². The van der Waals surface area contributed by atoms with Crippen LogP contribution >= 0.6 is 0 Å². The highest BCUT2D eigenvalue weighted by Gasteiger charge is 2.24. The van der Waals surface area contributed by atoms with Gasteiger partial charge in [0.25, 0.3) is 0 Å². The molecule has 4 heteroatoms. The summed E-state index contributed by atoms with van der Waals surface area (Å²) in [6.45, 7) is 9.60. The summed E-state index contributed by atoms with van der Waals surface area (Å²) in [6.07, 6.45) is 0. The Morgan fingerprint density at radius 3 is 2.50 bits per heavy atom. The first-order valence-corrected chi connectivity index (χ1v) is 7.11. The van der Waals surface area contributed by atoms with E-state index in [1.165, 1.54) is 0 Å². The molecule has 0 spiro atoms. The van der Waals surface area contributed by atoms with Crippen LogP contribution in [0.4, 0.5) is 10.1 Å². The van der Waals surface area contributed by atoms with Crippen LogP contribution in [0.5, 0.6) is 0 Å². The van der Waals surface area contributed by atoms with Gasteiger partial charge in [0, 0.05) is 13.6 Å². The lowest BCUT2D eigenvalue weighted by Crippen LogP contribution is -2.44. The van der Waals surface area contributed by atoms with E-state index in [9.17, 15) is 9.50 Å². The van der Waals surface area contributed by atoms with Crippen LogP contribution in [-0.4, -0.2) is 30.8 Å². The zero-order chi connectivity index (χ0) is 15.3. The van der Waals surface area contributed by atoms with Crippen molar-refractivity contribution in [1.82, 2.24) is 5.32 Å². The second-order valence-corrected chi connectivity index (χ2v) is 6.34. The zero-order valence-electron chi connectivity index (χ0n) is 13.2. The van der Waals surface area contributed by atoms with Crippen LogP contribution < -0.4 is 10.2 Å². The maximum atomic E-state index is 14.2. The highest BCUT2D eigenvalue weighted by atomic mass is 19.1. The van der Waals surface area contributed by atoms with E-state index < -0.39 is 5.54 Å². The van der Waals surface area contributed by atoms with E-state index in [4.69, 9.17) is 0 Å². The van der Waals surface area contributed by atoms with Gasteiger partial charge in [-0.15, -0.1) is 0 Å². The number of nitrogens with zero attached hydrogens (tertiary/aromatic N) is 1. The van der Waals surface area contributed by atoms with E-state index in [-0.39, 0.29) is 12.4 Å². The van der Waals surface area contributed by atoms with E-state index in [1.807, 2.05) is 19.9 Å². The number of nitrogens with one attached hydrogen (secondary N) is 1.